The van der Waals surface area contributed by atoms with Crippen molar-refractivity contribution in [3.63, 3.8) is 0 Å². The summed E-state index contributed by atoms with van der Waals surface area (Å²) < 4.78 is 37.4. The number of aromatic nitrogens is 1. The third kappa shape index (κ3) is 4.94. The molecule has 5 nitrogen and oxygen atoms in total. The monoisotopic (exact) mass is 752 g/mol. The molecular formula is C38H29IN2O3S2. The normalized spacial score (nSPS) is 15.0. The highest BCUT2D eigenvalue weighted by Gasteiger charge is 2.44. The highest BCUT2D eigenvalue weighted by Crippen LogP contribution is 2.50. The van der Waals surface area contributed by atoms with E-state index in [0.29, 0.717) is 6.54 Å². The maximum absolute atomic E-state index is 11.4. The van der Waals surface area contributed by atoms with Gasteiger partial charge in [0.05, 0.1) is 26.7 Å². The molecule has 0 radical (unpaired) electrons. The van der Waals surface area contributed by atoms with Gasteiger partial charge in [0.2, 0.25) is 5.69 Å². The first-order valence-electron chi connectivity index (χ1n) is 15.2. The number of allylic oxidation sites excluding steroid dienone is 1. The molecule has 0 saturated heterocycles. The van der Waals surface area contributed by atoms with Crippen LogP contribution in [0.3, 0.4) is 0 Å². The van der Waals surface area contributed by atoms with Crippen molar-refractivity contribution >= 4 is 83.2 Å². The Kier molecular flexibility index (Phi) is 7.06. The third-order valence-electron chi connectivity index (χ3n) is 9.24. The zero-order valence-corrected chi connectivity index (χ0v) is 29.0. The molecule has 8 heteroatoms. The van der Waals surface area contributed by atoms with E-state index in [4.69, 9.17) is 4.98 Å². The van der Waals surface area contributed by atoms with Gasteiger partial charge in [0, 0.05) is 59.7 Å². The summed E-state index contributed by atoms with van der Waals surface area (Å²) in [6.45, 7) is 4.87. The second-order valence-corrected chi connectivity index (χ2v) is 16.3. The van der Waals surface area contributed by atoms with Crippen LogP contribution in [0.4, 0.5) is 5.69 Å². The van der Waals surface area contributed by atoms with Crippen molar-refractivity contribution in [3.05, 3.63) is 111 Å². The average molecular weight is 753 g/mol. The van der Waals surface area contributed by atoms with Crippen LogP contribution in [0.5, 0.6) is 0 Å². The van der Waals surface area contributed by atoms with Gasteiger partial charge >= 0.3 is 0 Å². The summed E-state index contributed by atoms with van der Waals surface area (Å²) >= 11 is 4.09. The molecule has 3 heterocycles. The number of rotatable bonds is 7. The Morgan fingerprint density at radius 1 is 0.891 bits per heavy atom. The highest BCUT2D eigenvalue weighted by atomic mass is 127. The zero-order valence-electron chi connectivity index (χ0n) is 25.2. The first kappa shape index (κ1) is 29.7. The van der Waals surface area contributed by atoms with Crippen molar-refractivity contribution < 1.29 is 17.5 Å². The lowest BCUT2D eigenvalue weighted by Crippen LogP contribution is -2.28. The first-order chi connectivity index (χ1) is 22.1. The number of hydrogen-bond donors (Lipinski definition) is 0. The van der Waals surface area contributed by atoms with Gasteiger partial charge in [-0.3, -0.25) is 0 Å². The molecule has 0 spiro atoms. The summed E-state index contributed by atoms with van der Waals surface area (Å²) in [4.78, 5) is 7.40. The number of pyridine rings is 1. The summed E-state index contributed by atoms with van der Waals surface area (Å²) in [5.74, 6) is -0.374. The van der Waals surface area contributed by atoms with Crippen LogP contribution in [0, 0.1) is 3.57 Å². The van der Waals surface area contributed by atoms with Gasteiger partial charge in [-0.25, -0.2) is 13.4 Å². The Morgan fingerprint density at radius 3 is 2.57 bits per heavy atom. The van der Waals surface area contributed by atoms with Crippen molar-refractivity contribution in [2.45, 2.75) is 25.7 Å². The third-order valence-corrected chi connectivity index (χ3v) is 11.8. The zero-order chi connectivity index (χ0) is 31.8. The lowest BCUT2D eigenvalue weighted by atomic mass is 9.81. The van der Waals surface area contributed by atoms with E-state index in [-0.39, 0.29) is 17.6 Å². The Morgan fingerprint density at radius 2 is 1.72 bits per heavy atom. The molecule has 0 bridgehead atoms. The SMILES string of the molecule is CC1(C)C(/C=C/c2ccc(-c3ccc4c5c(cccc35)-c3nc5ccccc5cc3-4)s2)=[N+](CCCS(=O)(=O)[O-])c2ccc(I)cc21. The van der Waals surface area contributed by atoms with E-state index < -0.39 is 10.1 Å². The minimum atomic E-state index is -4.27. The van der Waals surface area contributed by atoms with E-state index in [1.807, 2.05) is 6.07 Å². The van der Waals surface area contributed by atoms with Gasteiger partial charge in [-0.05, 0) is 101 Å². The molecule has 228 valence electrons. The molecule has 46 heavy (non-hydrogen) atoms. The fraction of sp³-hybridized carbons (Fsp3) is 0.158. The Balaban J connectivity index is 1.16. The van der Waals surface area contributed by atoms with E-state index in [1.54, 1.807) is 11.3 Å². The number of para-hydroxylation sites is 1. The molecule has 0 N–H and O–H groups in total. The minimum Gasteiger partial charge on any atom is -0.748 e. The van der Waals surface area contributed by atoms with Gasteiger partial charge in [0.15, 0.2) is 5.71 Å². The fourth-order valence-electron chi connectivity index (χ4n) is 7.11. The molecule has 2 aliphatic rings. The molecule has 6 aromatic rings. The molecule has 8 rings (SSSR count). The topological polar surface area (TPSA) is 73.1 Å². The second-order valence-electron chi connectivity index (χ2n) is 12.4. The van der Waals surface area contributed by atoms with Crippen LogP contribution >= 0.6 is 33.9 Å². The molecule has 0 fully saturated rings. The van der Waals surface area contributed by atoms with Gasteiger partial charge in [-0.15, -0.1) is 11.3 Å². The van der Waals surface area contributed by atoms with E-state index in [2.05, 4.69) is 138 Å². The van der Waals surface area contributed by atoms with E-state index in [9.17, 15) is 13.0 Å². The molecule has 0 saturated carbocycles. The number of hydrogen-bond acceptors (Lipinski definition) is 5. The number of halogens is 1. The molecule has 2 aromatic heterocycles. The summed E-state index contributed by atoms with van der Waals surface area (Å²) in [6.07, 6.45) is 4.59. The van der Waals surface area contributed by atoms with Crippen LogP contribution in [0.2, 0.25) is 0 Å². The predicted molar refractivity (Wildman–Crippen MR) is 197 cm³/mol. The van der Waals surface area contributed by atoms with Crippen LogP contribution in [-0.2, 0) is 15.5 Å². The lowest BCUT2D eigenvalue weighted by Gasteiger charge is -2.15. The fourth-order valence-corrected chi connectivity index (χ4v) is 9.03. The standard InChI is InChI=1S/C38H29IN2O3S2/c1-38(2)31-22-24(39)11-16-33(31)41(19-6-20-46(42,43)44)35(38)18-13-25-12-17-34(45-25)26-14-15-28-30-21-23-7-3-4-10-32(23)40-37(30)29-9-5-8-27(26)36(28)29/h3-5,7-18,21-22H,6,19-20H2,1-2H3. The van der Waals surface area contributed by atoms with Crippen molar-refractivity contribution in [1.82, 2.24) is 4.98 Å². The van der Waals surface area contributed by atoms with Gasteiger partial charge in [-0.2, -0.15) is 4.58 Å². The Hall–Kier alpha value is -3.70. The molecule has 0 unspecified atom stereocenters. The highest BCUT2D eigenvalue weighted by molar-refractivity contribution is 14.1. The first-order valence-corrected chi connectivity index (χ1v) is 18.7. The molecule has 0 amide bonds. The summed E-state index contributed by atoms with van der Waals surface area (Å²) in [7, 11) is -4.27. The number of fused-ring (bicyclic) bond motifs is 5. The van der Waals surface area contributed by atoms with Gasteiger partial charge < -0.3 is 4.55 Å². The Labute approximate surface area is 285 Å². The molecule has 4 aromatic carbocycles. The maximum Gasteiger partial charge on any atom is 0.209 e. The van der Waals surface area contributed by atoms with Gasteiger partial charge in [-0.1, -0.05) is 48.5 Å². The smallest absolute Gasteiger partial charge is 0.209 e. The maximum atomic E-state index is 11.4. The number of nitrogens with zero attached hydrogens (tertiary/aromatic N) is 2. The van der Waals surface area contributed by atoms with Crippen LogP contribution in [0.1, 0.15) is 30.7 Å². The van der Waals surface area contributed by atoms with Gasteiger partial charge in [0.25, 0.3) is 0 Å². The average Bonchev–Trinajstić information content (AvgIpc) is 3.67. The van der Waals surface area contributed by atoms with Crippen LogP contribution in [-0.4, -0.2) is 40.5 Å². The molecule has 1 aliphatic heterocycles. The molecule has 0 atom stereocenters. The number of thiophene rings is 1. The molecular weight excluding hydrogens is 723 g/mol. The van der Waals surface area contributed by atoms with Crippen LogP contribution < -0.4 is 0 Å². The van der Waals surface area contributed by atoms with Crippen LogP contribution in [0.25, 0.3) is 60.6 Å². The van der Waals surface area contributed by atoms with E-state index in [1.165, 1.54) is 43.5 Å². The van der Waals surface area contributed by atoms with Crippen LogP contribution in [0.15, 0.2) is 97.1 Å². The molecule has 1 aliphatic carbocycles. The summed E-state index contributed by atoms with van der Waals surface area (Å²) in [6, 6.07) is 32.3. The van der Waals surface area contributed by atoms with Crippen molar-refractivity contribution in [2.75, 3.05) is 12.3 Å². The Bertz CT molecular complexity index is 2370. The predicted octanol–water partition coefficient (Wildman–Crippen LogP) is 9.39. The summed E-state index contributed by atoms with van der Waals surface area (Å²) in [5.41, 5.74) is 9.95. The quantitative estimate of drug-likeness (QED) is 0.0925. The number of benzene rings is 4. The van der Waals surface area contributed by atoms with E-state index >= 15 is 0 Å². The minimum absolute atomic E-state index is 0.272. The van der Waals surface area contributed by atoms with Crippen molar-refractivity contribution in [1.29, 1.82) is 0 Å². The van der Waals surface area contributed by atoms with E-state index in [0.717, 1.165) is 36.4 Å². The largest absolute Gasteiger partial charge is 0.748 e. The van der Waals surface area contributed by atoms with Crippen molar-refractivity contribution in [2.24, 2.45) is 0 Å². The summed E-state index contributed by atoms with van der Waals surface area (Å²) in [5, 5.41) is 3.64. The van der Waals surface area contributed by atoms with Gasteiger partial charge in [0.1, 0.15) is 6.54 Å². The second kappa shape index (κ2) is 10.9. The van der Waals surface area contributed by atoms with Crippen molar-refractivity contribution in [3.8, 4) is 32.8 Å². The lowest BCUT2D eigenvalue weighted by molar-refractivity contribution is -0.437.